The monoisotopic (exact) mass is 606 g/mol. The Morgan fingerprint density at radius 3 is 2.70 bits per heavy atom. The number of methoxy groups -OCH3 is 1. The largest absolute Gasteiger partial charge is 0.482 e. The number of ether oxygens (including phenoxy) is 2. The number of thiazole rings is 1. The number of aromatic nitrogens is 1. The number of nitriles is 1. The predicted octanol–water partition coefficient (Wildman–Crippen LogP) is 0.934. The number of carbonyl (C=O) groups is 4. The number of hydrogen-bond acceptors (Lipinski definition) is 11. The lowest BCUT2D eigenvalue weighted by Gasteiger charge is -2.46. The predicted molar refractivity (Wildman–Crippen MR) is 155 cm³/mol. The van der Waals surface area contributed by atoms with Gasteiger partial charge in [-0.25, -0.2) is 19.6 Å². The summed E-state index contributed by atoms with van der Waals surface area (Å²) in [5, 5.41) is 15.1. The summed E-state index contributed by atoms with van der Waals surface area (Å²) in [5.74, 6) is -0.662. The molecule has 15 heteroatoms. The first-order valence-electron chi connectivity index (χ1n) is 13.4. The zero-order valence-corrected chi connectivity index (χ0v) is 24.4. The lowest BCUT2D eigenvalue weighted by molar-refractivity contribution is -0.157. The highest BCUT2D eigenvalue weighted by molar-refractivity contribution is 7.22. The molecule has 2 saturated heterocycles. The van der Waals surface area contributed by atoms with Gasteiger partial charge in [-0.2, -0.15) is 10.3 Å². The van der Waals surface area contributed by atoms with Crippen molar-refractivity contribution >= 4 is 50.5 Å². The summed E-state index contributed by atoms with van der Waals surface area (Å²) in [4.78, 5) is 59.3. The number of para-hydroxylation sites is 1. The maximum absolute atomic E-state index is 14.1. The van der Waals surface area contributed by atoms with Crippen LogP contribution >= 0.6 is 11.3 Å². The van der Waals surface area contributed by atoms with Gasteiger partial charge in [-0.05, 0) is 29.3 Å². The number of amides is 4. The average molecular weight is 607 g/mol. The van der Waals surface area contributed by atoms with Gasteiger partial charge in [-0.1, -0.05) is 35.6 Å². The van der Waals surface area contributed by atoms with E-state index in [2.05, 4.69) is 15.0 Å². The number of anilines is 1. The van der Waals surface area contributed by atoms with E-state index in [1.54, 1.807) is 34.2 Å². The van der Waals surface area contributed by atoms with Gasteiger partial charge in [-0.3, -0.25) is 9.59 Å². The molecule has 224 valence electrons. The highest BCUT2D eigenvalue weighted by Crippen LogP contribution is 2.32. The number of nitrogens with one attached hydrogen (secondary N) is 1. The van der Waals surface area contributed by atoms with Crippen LogP contribution in [0.25, 0.3) is 10.2 Å². The van der Waals surface area contributed by atoms with Crippen LogP contribution in [-0.2, 0) is 32.1 Å². The maximum atomic E-state index is 14.1. The van der Waals surface area contributed by atoms with Crippen molar-refractivity contribution in [3.8, 4) is 11.8 Å². The van der Waals surface area contributed by atoms with Crippen molar-refractivity contribution in [3.05, 3.63) is 53.6 Å². The van der Waals surface area contributed by atoms with Crippen LogP contribution in [0.4, 0.5) is 9.93 Å². The van der Waals surface area contributed by atoms with Gasteiger partial charge in [0.1, 0.15) is 24.5 Å². The smallest absolute Gasteiger partial charge is 0.343 e. The molecule has 0 bridgehead atoms. The van der Waals surface area contributed by atoms with Gasteiger partial charge in [0.15, 0.2) is 11.7 Å². The van der Waals surface area contributed by atoms with Gasteiger partial charge in [0.05, 0.1) is 36.5 Å². The molecule has 2 aliphatic rings. The zero-order chi connectivity index (χ0) is 30.7. The molecule has 0 aliphatic carbocycles. The molecule has 2 fully saturated rings. The minimum absolute atomic E-state index is 0.107. The van der Waals surface area contributed by atoms with Gasteiger partial charge in [0.25, 0.3) is 0 Å². The Morgan fingerprint density at radius 1 is 1.23 bits per heavy atom. The average Bonchev–Trinajstić information content (AvgIpc) is 3.55. The van der Waals surface area contributed by atoms with Gasteiger partial charge >= 0.3 is 12.0 Å². The number of esters is 1. The van der Waals surface area contributed by atoms with Crippen LogP contribution in [-0.4, -0.2) is 101 Å². The van der Waals surface area contributed by atoms with E-state index in [1.165, 1.54) is 35.4 Å². The normalized spacial score (nSPS) is 18.3. The number of hydrazine groups is 1. The van der Waals surface area contributed by atoms with Crippen molar-refractivity contribution in [1.82, 2.24) is 30.1 Å². The number of hydrogen-bond donors (Lipinski definition) is 2. The van der Waals surface area contributed by atoms with E-state index in [1.807, 2.05) is 24.3 Å². The molecule has 0 saturated carbocycles. The third-order valence-corrected chi connectivity index (χ3v) is 8.21. The van der Waals surface area contributed by atoms with Crippen LogP contribution in [0.3, 0.4) is 0 Å². The van der Waals surface area contributed by atoms with Crippen LogP contribution in [0, 0.1) is 11.3 Å². The van der Waals surface area contributed by atoms with Crippen LogP contribution in [0.1, 0.15) is 11.1 Å². The summed E-state index contributed by atoms with van der Waals surface area (Å²) < 4.78 is 10.9. The van der Waals surface area contributed by atoms with Crippen molar-refractivity contribution < 1.29 is 28.7 Å². The molecule has 5 rings (SSSR count). The Morgan fingerprint density at radius 2 is 2.00 bits per heavy atom. The molecule has 3 heterocycles. The van der Waals surface area contributed by atoms with Gasteiger partial charge in [-0.15, -0.1) is 0 Å². The molecular weight excluding hydrogens is 576 g/mol. The Bertz CT molecular complexity index is 1590. The molecule has 2 aliphatic heterocycles. The topological polar surface area (TPSA) is 174 Å². The van der Waals surface area contributed by atoms with Crippen molar-refractivity contribution in [2.45, 2.75) is 25.2 Å². The van der Waals surface area contributed by atoms with Gasteiger partial charge in [0, 0.05) is 20.0 Å². The second-order valence-electron chi connectivity index (χ2n) is 9.91. The highest BCUT2D eigenvalue weighted by Gasteiger charge is 2.52. The molecule has 3 aromatic rings. The second-order valence-corrected chi connectivity index (χ2v) is 11.0. The highest BCUT2D eigenvalue weighted by atomic mass is 32.1. The summed E-state index contributed by atoms with van der Waals surface area (Å²) in [6, 6.07) is 13.1. The minimum atomic E-state index is -0.883. The number of fused-ring (bicyclic) bond motifs is 2. The fourth-order valence-corrected chi connectivity index (χ4v) is 6.15. The number of piperazine rings is 1. The summed E-state index contributed by atoms with van der Waals surface area (Å²) in [6.45, 7) is -0.374. The first-order valence-corrected chi connectivity index (χ1v) is 14.2. The third kappa shape index (κ3) is 6.01. The fourth-order valence-electron chi connectivity index (χ4n) is 5.37. The van der Waals surface area contributed by atoms with E-state index in [9.17, 15) is 24.4 Å². The first kappa shape index (κ1) is 29.5. The van der Waals surface area contributed by atoms with Gasteiger partial charge < -0.3 is 30.3 Å². The van der Waals surface area contributed by atoms with E-state index in [0.29, 0.717) is 16.4 Å². The molecule has 1 aromatic heterocycles. The van der Waals surface area contributed by atoms with Crippen LogP contribution < -0.4 is 15.8 Å². The molecule has 0 radical (unpaired) electrons. The minimum Gasteiger partial charge on any atom is -0.482 e. The fraction of sp³-hybridized carbons (Fsp3) is 0.357. The maximum Gasteiger partial charge on any atom is 0.343 e. The molecule has 14 nitrogen and oxygen atoms in total. The van der Waals surface area contributed by atoms with Crippen molar-refractivity contribution in [3.63, 3.8) is 0 Å². The summed E-state index contributed by atoms with van der Waals surface area (Å²) >= 11 is 1.35. The number of nitrogen functional groups attached to an aromatic ring is 1. The molecule has 2 atom stereocenters. The molecule has 3 N–H and O–H groups in total. The lowest BCUT2D eigenvalue weighted by atomic mass is 9.99. The Balaban J connectivity index is 1.46. The third-order valence-electron chi connectivity index (χ3n) is 7.36. The Labute approximate surface area is 251 Å². The Hall–Kier alpha value is -4.94. The van der Waals surface area contributed by atoms with E-state index in [0.717, 1.165) is 15.8 Å². The van der Waals surface area contributed by atoms with Crippen LogP contribution in [0.5, 0.6) is 5.75 Å². The van der Waals surface area contributed by atoms with E-state index >= 15 is 0 Å². The van der Waals surface area contributed by atoms with Crippen LogP contribution in [0.2, 0.25) is 0 Å². The number of carbonyl (C=O) groups excluding carboxylic acids is 4. The molecule has 4 amide bonds. The first-order chi connectivity index (χ1) is 20.7. The molecule has 0 spiro atoms. The quantitative estimate of drug-likeness (QED) is 0.263. The number of benzene rings is 2. The number of nitrogens with zero attached hydrogens (tertiary/aromatic N) is 6. The summed E-state index contributed by atoms with van der Waals surface area (Å²) in [6.07, 6.45) is -0.502. The van der Waals surface area contributed by atoms with E-state index in [-0.39, 0.29) is 51.0 Å². The van der Waals surface area contributed by atoms with Crippen molar-refractivity contribution in [2.75, 3.05) is 46.1 Å². The molecule has 1 unspecified atom stereocenters. The zero-order valence-electron chi connectivity index (χ0n) is 23.6. The van der Waals surface area contributed by atoms with Gasteiger partial charge in [0.2, 0.25) is 11.8 Å². The van der Waals surface area contributed by atoms with E-state index < -0.39 is 24.2 Å². The molecule has 2 aromatic carbocycles. The SMILES string of the molecule is CNC(=O)N(CC#N)N1CC(=O)N2C(Cc3ccc(OCC(=O)OC)cc3)C(=O)N(Cc3cccc4sc(N)nc34)C[C@@H]21. The summed E-state index contributed by atoms with van der Waals surface area (Å²) in [5.41, 5.74) is 8.22. The number of urea groups is 1. The lowest BCUT2D eigenvalue weighted by Crippen LogP contribution is -2.66. The number of rotatable bonds is 9. The van der Waals surface area contributed by atoms with Crippen molar-refractivity contribution in [1.29, 1.82) is 5.26 Å². The Kier molecular flexibility index (Phi) is 8.60. The van der Waals surface area contributed by atoms with Crippen LogP contribution in [0.15, 0.2) is 42.5 Å². The van der Waals surface area contributed by atoms with Crippen molar-refractivity contribution in [2.24, 2.45) is 0 Å². The molecular formula is C28H30N8O6S. The molecule has 43 heavy (non-hydrogen) atoms. The second kappa shape index (κ2) is 12.5. The standard InChI is InChI=1S/C28H30N8O6S/c1-31-28(40)34(11-10-29)35-15-23(37)36-20(12-17-6-8-19(9-7-17)42-16-24(38)41-2)26(39)33(14-22(35)36)13-18-4-3-5-21-25(18)32-27(30)43-21/h3-9,20,22H,11-16H2,1-2H3,(H2,30,32)(H,31,40)/t20?,22-/m1/s1. The number of nitrogens with two attached hydrogens (primary N) is 1. The summed E-state index contributed by atoms with van der Waals surface area (Å²) in [7, 11) is 2.72. The van der Waals surface area contributed by atoms with E-state index in [4.69, 9.17) is 10.5 Å².